The van der Waals surface area contributed by atoms with E-state index in [1.54, 1.807) is 29.3 Å². The van der Waals surface area contributed by atoms with E-state index in [1.807, 2.05) is 40.7 Å². The van der Waals surface area contributed by atoms with E-state index in [4.69, 9.17) is 4.84 Å². The number of hydrogen-bond acceptors (Lipinski definition) is 9. The molecule has 1 aromatic carbocycles. The largest absolute Gasteiger partial charge is 0.506 e. The number of carbonyl (C=O) groups is 3. The van der Waals surface area contributed by atoms with Crippen LogP contribution in [0.4, 0.5) is 0 Å². The molecule has 2 saturated heterocycles. The van der Waals surface area contributed by atoms with E-state index in [9.17, 15) is 24.6 Å². The van der Waals surface area contributed by atoms with Crippen LogP contribution in [0.1, 0.15) is 71.7 Å². The van der Waals surface area contributed by atoms with Crippen molar-refractivity contribution in [2.24, 2.45) is 11.3 Å². The number of aliphatic hydroxyl groups excluding tert-OH is 1. The molecule has 1 aromatic heterocycles. The molecule has 244 valence electrons. The fraction of sp³-hybridized carbons (Fsp3) is 0.576. The van der Waals surface area contributed by atoms with Crippen LogP contribution in [0, 0.1) is 11.3 Å². The Labute approximate surface area is 268 Å². The quantitative estimate of drug-likeness (QED) is 0.291. The monoisotopic (exact) mass is 639 g/mol. The highest BCUT2D eigenvalue weighted by atomic mass is 32.1. The number of aromatic hydroxyl groups is 1. The summed E-state index contributed by atoms with van der Waals surface area (Å²) in [5.41, 5.74) is 0.188. The number of rotatable bonds is 10. The van der Waals surface area contributed by atoms with Crippen LogP contribution in [0.25, 0.3) is 16.3 Å². The first-order valence-corrected chi connectivity index (χ1v) is 16.7. The number of aliphatic hydroxyl groups is 1. The second-order valence-corrected chi connectivity index (χ2v) is 14.8. The number of phenols is 1. The minimum Gasteiger partial charge on any atom is -0.506 e. The summed E-state index contributed by atoms with van der Waals surface area (Å²) >= 11 is 1.34. The molecule has 45 heavy (non-hydrogen) atoms. The Hall–Kier alpha value is -3.32. The van der Waals surface area contributed by atoms with E-state index >= 15 is 0 Å². The van der Waals surface area contributed by atoms with Gasteiger partial charge in [-0.15, -0.1) is 11.3 Å². The molecule has 0 radical (unpaired) electrons. The van der Waals surface area contributed by atoms with Gasteiger partial charge < -0.3 is 20.0 Å². The Morgan fingerprint density at radius 3 is 2.67 bits per heavy atom. The molecular weight excluding hydrogens is 594 g/mol. The molecule has 1 unspecified atom stereocenters. The van der Waals surface area contributed by atoms with E-state index in [-0.39, 0.29) is 47.4 Å². The third kappa shape index (κ3) is 7.40. The number of hydroxylamine groups is 2. The van der Waals surface area contributed by atoms with Gasteiger partial charge in [-0.3, -0.25) is 24.1 Å². The van der Waals surface area contributed by atoms with Crippen LogP contribution in [0.2, 0.25) is 0 Å². The van der Waals surface area contributed by atoms with Gasteiger partial charge in [0.05, 0.1) is 16.9 Å². The van der Waals surface area contributed by atoms with Crippen molar-refractivity contribution in [3.63, 3.8) is 0 Å². The van der Waals surface area contributed by atoms with Crippen molar-refractivity contribution >= 4 is 45.4 Å². The summed E-state index contributed by atoms with van der Waals surface area (Å²) in [7, 11) is 0. The maximum absolute atomic E-state index is 14.2. The number of phenolic OH excluding ortho intramolecular Hbond substituents is 1. The topological polar surface area (TPSA) is 127 Å². The van der Waals surface area contributed by atoms with Gasteiger partial charge in [0.15, 0.2) is 11.9 Å². The average Bonchev–Trinajstić information content (AvgIpc) is 3.61. The minimum atomic E-state index is -0.922. The Morgan fingerprint density at radius 2 is 1.98 bits per heavy atom. The van der Waals surface area contributed by atoms with E-state index in [1.165, 1.54) is 27.4 Å². The molecule has 11 nitrogen and oxygen atoms in total. The van der Waals surface area contributed by atoms with Crippen LogP contribution in [-0.2, 0) is 19.2 Å². The molecule has 0 bridgehead atoms. The zero-order valence-corrected chi connectivity index (χ0v) is 27.6. The number of nitrogens with zero attached hydrogens (tertiary/aromatic N) is 5. The fourth-order valence-corrected chi connectivity index (χ4v) is 7.09. The molecule has 0 saturated carbocycles. The highest BCUT2D eigenvalue weighted by Gasteiger charge is 2.51. The Bertz CT molecular complexity index is 1480. The Kier molecular flexibility index (Phi) is 9.97. The molecule has 12 heteroatoms. The minimum absolute atomic E-state index is 0.0701. The highest BCUT2D eigenvalue weighted by molar-refractivity contribution is 7.19. The van der Waals surface area contributed by atoms with Crippen LogP contribution in [0.5, 0.6) is 5.75 Å². The molecule has 3 atom stereocenters. The standard InChI is InChI=1S/C33H45N5O6S/c1-21(2)17-25-32(43)37-23(18-33(3,4)5)31(42)36(22-13-15-35(19-22)14-6-7-16-39)20-28(37)38(44-25)29(41)12-11-27-34-30-24(40)9-8-10-26(30)45-27/h8-12,20-23,25,39-40H,6-7,13-19H2,1-5H3/b12-11+/t22?,23-,25+/m0/s1. The van der Waals surface area contributed by atoms with E-state index in [0.29, 0.717) is 29.9 Å². The van der Waals surface area contributed by atoms with Crippen molar-refractivity contribution in [3.05, 3.63) is 41.3 Å². The Balaban J connectivity index is 1.50. The molecule has 4 heterocycles. The van der Waals surface area contributed by atoms with Gasteiger partial charge in [-0.1, -0.05) is 40.7 Å². The number of amides is 3. The Morgan fingerprint density at radius 1 is 1.20 bits per heavy atom. The molecule has 2 aromatic rings. The molecule has 5 rings (SSSR count). The molecule has 3 amide bonds. The van der Waals surface area contributed by atoms with E-state index < -0.39 is 18.1 Å². The summed E-state index contributed by atoms with van der Waals surface area (Å²) in [6.45, 7) is 12.6. The maximum Gasteiger partial charge on any atom is 0.276 e. The smallest absolute Gasteiger partial charge is 0.276 e. The van der Waals surface area contributed by atoms with Crippen LogP contribution < -0.4 is 0 Å². The molecule has 0 aliphatic carbocycles. The molecular formula is C33H45N5O6S. The number of unbranched alkanes of at least 4 members (excludes halogenated alkanes) is 1. The van der Waals surface area contributed by atoms with Crippen molar-refractivity contribution in [3.8, 4) is 5.75 Å². The van der Waals surface area contributed by atoms with Crippen molar-refractivity contribution in [2.45, 2.75) is 84.9 Å². The number of fused-ring (bicyclic) bond motifs is 2. The lowest BCUT2D eigenvalue weighted by atomic mass is 9.85. The number of benzene rings is 1. The molecule has 2 N–H and O–H groups in total. The normalized spacial score (nSPS) is 23.1. The first kappa shape index (κ1) is 33.1. The molecule has 0 spiro atoms. The van der Waals surface area contributed by atoms with Gasteiger partial charge >= 0.3 is 0 Å². The van der Waals surface area contributed by atoms with E-state index in [2.05, 4.69) is 9.88 Å². The van der Waals surface area contributed by atoms with Crippen LogP contribution in [-0.4, -0.2) is 97.1 Å². The van der Waals surface area contributed by atoms with Gasteiger partial charge in [-0.25, -0.2) is 4.98 Å². The van der Waals surface area contributed by atoms with Crippen LogP contribution in [0.3, 0.4) is 0 Å². The predicted molar refractivity (Wildman–Crippen MR) is 172 cm³/mol. The maximum atomic E-state index is 14.2. The number of para-hydroxylation sites is 1. The number of aromatic nitrogens is 1. The first-order chi connectivity index (χ1) is 21.4. The van der Waals surface area contributed by atoms with Gasteiger partial charge in [-0.05, 0) is 68.2 Å². The molecule has 2 fully saturated rings. The van der Waals surface area contributed by atoms with Crippen LogP contribution in [0.15, 0.2) is 36.3 Å². The number of hydrogen-bond donors (Lipinski definition) is 2. The summed E-state index contributed by atoms with van der Waals surface area (Å²) < 4.78 is 0.793. The zero-order chi connectivity index (χ0) is 32.5. The highest BCUT2D eigenvalue weighted by Crippen LogP contribution is 2.38. The number of thiazole rings is 1. The fourth-order valence-electron chi connectivity index (χ4n) is 6.19. The SMILES string of the molecule is CC(C)C[C@H]1ON(C(=O)/C=C/c2nc3c(O)cccc3s2)C2=CN(C3CCN(CCCCO)C3)C(=O)[C@H](CC(C)(C)C)N2C1=O. The summed E-state index contributed by atoms with van der Waals surface area (Å²) in [5.74, 6) is -0.543. The van der Waals surface area contributed by atoms with Gasteiger partial charge in [0.1, 0.15) is 22.3 Å². The van der Waals surface area contributed by atoms with Gasteiger partial charge in [0.25, 0.3) is 11.8 Å². The average molecular weight is 640 g/mol. The summed E-state index contributed by atoms with van der Waals surface area (Å²) in [4.78, 5) is 58.3. The zero-order valence-electron chi connectivity index (χ0n) is 26.8. The predicted octanol–water partition coefficient (Wildman–Crippen LogP) is 4.32. The van der Waals surface area contributed by atoms with E-state index in [0.717, 1.165) is 37.1 Å². The van der Waals surface area contributed by atoms with Crippen molar-refractivity contribution in [2.75, 3.05) is 26.2 Å². The van der Waals surface area contributed by atoms with Crippen molar-refractivity contribution < 1.29 is 29.4 Å². The number of likely N-dealkylation sites (tertiary alicyclic amines) is 1. The summed E-state index contributed by atoms with van der Waals surface area (Å²) in [5, 5.41) is 21.1. The van der Waals surface area contributed by atoms with Gasteiger partial charge in [0.2, 0.25) is 5.91 Å². The van der Waals surface area contributed by atoms with Gasteiger partial charge in [0, 0.05) is 25.8 Å². The van der Waals surface area contributed by atoms with Crippen molar-refractivity contribution in [1.82, 2.24) is 24.7 Å². The third-order valence-electron chi connectivity index (χ3n) is 8.30. The number of carbonyl (C=O) groups excluding carboxylic acids is 3. The third-order valence-corrected chi connectivity index (χ3v) is 9.29. The molecule has 3 aliphatic heterocycles. The van der Waals surface area contributed by atoms with Crippen molar-refractivity contribution in [1.29, 1.82) is 0 Å². The lowest BCUT2D eigenvalue weighted by Crippen LogP contribution is -2.64. The molecule has 3 aliphatic rings. The van der Waals surface area contributed by atoms with Gasteiger partial charge in [-0.2, -0.15) is 5.06 Å². The van der Waals surface area contributed by atoms with Crippen LogP contribution >= 0.6 is 11.3 Å². The second-order valence-electron chi connectivity index (χ2n) is 13.8. The second kappa shape index (κ2) is 13.6. The summed E-state index contributed by atoms with van der Waals surface area (Å²) in [6, 6.07) is 4.26. The lowest BCUT2D eigenvalue weighted by molar-refractivity contribution is -0.226. The first-order valence-electron chi connectivity index (χ1n) is 15.8. The lowest BCUT2D eigenvalue weighted by Gasteiger charge is -2.49. The summed E-state index contributed by atoms with van der Waals surface area (Å²) in [6.07, 6.45) is 6.81.